The number of hydrogen-bond donors (Lipinski definition) is 2. The van der Waals surface area contributed by atoms with Gasteiger partial charge in [-0.1, -0.05) is 37.3 Å². The highest BCUT2D eigenvalue weighted by atomic mass is 16.5. The molecule has 236 valence electrons. The van der Waals surface area contributed by atoms with E-state index in [1.807, 2.05) is 68.4 Å². The molecule has 0 unspecified atom stereocenters. The zero-order valence-electron chi connectivity index (χ0n) is 26.5. The molecule has 0 spiro atoms. The molecule has 3 aromatic carbocycles. The van der Waals surface area contributed by atoms with Crippen molar-refractivity contribution in [3.8, 4) is 17.2 Å². The lowest BCUT2D eigenvalue weighted by Crippen LogP contribution is -2.49. The molecule has 4 rings (SSSR count). The van der Waals surface area contributed by atoms with Crippen molar-refractivity contribution in [2.45, 2.75) is 45.4 Å². The van der Waals surface area contributed by atoms with E-state index in [0.717, 1.165) is 30.0 Å². The predicted octanol–water partition coefficient (Wildman–Crippen LogP) is 5.11. The first kappa shape index (κ1) is 33.0. The Hall–Kier alpha value is -3.92. The van der Waals surface area contributed by atoms with Crippen molar-refractivity contribution in [1.82, 2.24) is 14.7 Å². The third kappa shape index (κ3) is 9.29. The van der Waals surface area contributed by atoms with Gasteiger partial charge in [-0.25, -0.2) is 0 Å². The maximum atomic E-state index is 13.7. The molecule has 44 heavy (non-hydrogen) atoms. The zero-order valence-corrected chi connectivity index (χ0v) is 26.5. The predicted molar refractivity (Wildman–Crippen MR) is 173 cm³/mol. The molecular formula is C35H46N4O5. The fraction of sp³-hybridized carbons (Fsp3) is 0.429. The summed E-state index contributed by atoms with van der Waals surface area (Å²) in [7, 11) is 6.00. The van der Waals surface area contributed by atoms with Crippen LogP contribution in [0.5, 0.6) is 17.2 Å². The van der Waals surface area contributed by atoms with Gasteiger partial charge in [0.05, 0.1) is 18.2 Å². The molecule has 0 aliphatic carbocycles. The van der Waals surface area contributed by atoms with E-state index in [4.69, 9.17) is 9.47 Å². The minimum atomic E-state index is -0.366. The first-order valence-electron chi connectivity index (χ1n) is 15.3. The Kier molecular flexibility index (Phi) is 11.8. The van der Waals surface area contributed by atoms with Gasteiger partial charge in [-0.2, -0.15) is 0 Å². The number of fused-ring (bicyclic) bond motifs is 1. The molecule has 3 aromatic rings. The number of benzene rings is 3. The normalized spacial score (nSPS) is 17.5. The second-order valence-corrected chi connectivity index (χ2v) is 12.0. The first-order chi connectivity index (χ1) is 21.1. The minimum absolute atomic E-state index is 0.00118. The summed E-state index contributed by atoms with van der Waals surface area (Å²) in [6.07, 6.45) is 0.918. The second kappa shape index (κ2) is 15.7. The SMILES string of the molecule is C[C@H](CO)N1C[C@H](C)[C@@H](CN(C)Cc2ccc(Oc3ccccc3)cc2)Oc2ccc(NC(=O)CCCN(C)C)cc2C1=O. The average Bonchev–Trinajstić information content (AvgIpc) is 3.00. The standard InChI is InChI=1S/C35H46N4O5/c1-25-21-39(26(2)24-40)35(42)31-20-28(36-34(41)12-9-19-37(3)4)15-18-32(31)44-33(25)23-38(5)22-27-13-16-30(17-14-27)43-29-10-7-6-8-11-29/h6-8,10-11,13-18,20,25-26,33,40H,9,12,19,21-24H2,1-5H3,(H,36,41)/t25-,26+,33+/m0/s1. The number of nitrogens with one attached hydrogen (secondary N) is 1. The van der Waals surface area contributed by atoms with E-state index in [1.165, 1.54) is 0 Å². The molecule has 1 aliphatic rings. The van der Waals surface area contributed by atoms with Gasteiger partial charge in [-0.05, 0) is 89.1 Å². The summed E-state index contributed by atoms with van der Waals surface area (Å²) in [5.74, 6) is 1.74. The third-order valence-corrected chi connectivity index (χ3v) is 7.80. The number of carbonyl (C=O) groups excluding carboxylic acids is 2. The van der Waals surface area contributed by atoms with Crippen LogP contribution in [0.2, 0.25) is 0 Å². The number of likely N-dealkylation sites (N-methyl/N-ethyl adjacent to an activating group) is 1. The van der Waals surface area contributed by atoms with Crippen molar-refractivity contribution in [1.29, 1.82) is 0 Å². The Bertz CT molecular complexity index is 1370. The average molecular weight is 603 g/mol. The lowest BCUT2D eigenvalue weighted by molar-refractivity contribution is -0.116. The summed E-state index contributed by atoms with van der Waals surface area (Å²) in [6, 6.07) is 22.6. The molecule has 0 aromatic heterocycles. The summed E-state index contributed by atoms with van der Waals surface area (Å²) in [5.41, 5.74) is 2.07. The highest BCUT2D eigenvalue weighted by Gasteiger charge is 2.33. The molecule has 9 nitrogen and oxygen atoms in total. The van der Waals surface area contributed by atoms with Crippen LogP contribution in [0.15, 0.2) is 72.8 Å². The van der Waals surface area contributed by atoms with Crippen LogP contribution >= 0.6 is 0 Å². The van der Waals surface area contributed by atoms with Gasteiger partial charge in [0.15, 0.2) is 0 Å². The van der Waals surface area contributed by atoms with Gasteiger partial charge >= 0.3 is 0 Å². The second-order valence-electron chi connectivity index (χ2n) is 12.0. The molecule has 0 radical (unpaired) electrons. The largest absolute Gasteiger partial charge is 0.488 e. The fourth-order valence-electron chi connectivity index (χ4n) is 5.27. The number of anilines is 1. The van der Waals surface area contributed by atoms with Gasteiger partial charge < -0.3 is 29.7 Å². The number of aliphatic hydroxyl groups is 1. The van der Waals surface area contributed by atoms with Crippen molar-refractivity contribution < 1.29 is 24.2 Å². The summed E-state index contributed by atoms with van der Waals surface area (Å²) in [5, 5.41) is 12.9. The molecule has 0 bridgehead atoms. The van der Waals surface area contributed by atoms with E-state index >= 15 is 0 Å². The number of hydrogen-bond acceptors (Lipinski definition) is 7. The molecular weight excluding hydrogens is 556 g/mol. The molecule has 0 saturated carbocycles. The van der Waals surface area contributed by atoms with E-state index in [-0.39, 0.29) is 36.5 Å². The highest BCUT2D eigenvalue weighted by molar-refractivity contribution is 5.99. The molecule has 2 N–H and O–H groups in total. The summed E-state index contributed by atoms with van der Waals surface area (Å²) in [4.78, 5) is 32.2. The number of para-hydroxylation sites is 1. The van der Waals surface area contributed by atoms with Crippen LogP contribution in [-0.2, 0) is 11.3 Å². The van der Waals surface area contributed by atoms with Gasteiger partial charge in [-0.15, -0.1) is 0 Å². The van der Waals surface area contributed by atoms with Crippen molar-refractivity contribution in [2.24, 2.45) is 5.92 Å². The van der Waals surface area contributed by atoms with Crippen LogP contribution in [0, 0.1) is 5.92 Å². The van der Waals surface area contributed by atoms with Gasteiger partial charge in [0.25, 0.3) is 5.91 Å². The van der Waals surface area contributed by atoms with Crippen LogP contribution in [0.3, 0.4) is 0 Å². The number of ether oxygens (including phenoxy) is 2. The highest BCUT2D eigenvalue weighted by Crippen LogP contribution is 2.31. The summed E-state index contributed by atoms with van der Waals surface area (Å²) in [6.45, 7) is 6.36. The van der Waals surface area contributed by atoms with Crippen LogP contribution in [-0.4, -0.2) is 91.2 Å². The lowest BCUT2D eigenvalue weighted by atomic mass is 9.99. The Morgan fingerprint density at radius 2 is 1.77 bits per heavy atom. The number of rotatable bonds is 13. The monoisotopic (exact) mass is 602 g/mol. The third-order valence-electron chi connectivity index (χ3n) is 7.80. The topological polar surface area (TPSA) is 94.6 Å². The van der Waals surface area contributed by atoms with Gasteiger partial charge in [-0.3, -0.25) is 14.5 Å². The van der Waals surface area contributed by atoms with E-state index in [2.05, 4.69) is 36.3 Å². The smallest absolute Gasteiger partial charge is 0.258 e. The Balaban J connectivity index is 1.46. The molecule has 0 fully saturated rings. The van der Waals surface area contributed by atoms with E-state index in [0.29, 0.717) is 43.1 Å². The Morgan fingerprint density at radius 3 is 2.45 bits per heavy atom. The molecule has 1 heterocycles. The number of carbonyl (C=O) groups is 2. The molecule has 0 saturated heterocycles. The summed E-state index contributed by atoms with van der Waals surface area (Å²) < 4.78 is 12.5. The molecule has 3 atom stereocenters. The number of amides is 2. The maximum absolute atomic E-state index is 13.7. The van der Waals surface area contributed by atoms with E-state index in [1.54, 1.807) is 23.1 Å². The quantitative estimate of drug-likeness (QED) is 0.281. The molecule has 2 amide bonds. The Labute approximate surface area is 261 Å². The maximum Gasteiger partial charge on any atom is 0.258 e. The van der Waals surface area contributed by atoms with Crippen molar-refractivity contribution in [2.75, 3.05) is 52.7 Å². The van der Waals surface area contributed by atoms with Gasteiger partial charge in [0.2, 0.25) is 5.91 Å². The van der Waals surface area contributed by atoms with Crippen molar-refractivity contribution >= 4 is 17.5 Å². The summed E-state index contributed by atoms with van der Waals surface area (Å²) >= 11 is 0. The fourth-order valence-corrected chi connectivity index (χ4v) is 5.27. The van der Waals surface area contributed by atoms with Gasteiger partial charge in [0, 0.05) is 37.7 Å². The zero-order chi connectivity index (χ0) is 31.6. The minimum Gasteiger partial charge on any atom is -0.488 e. The van der Waals surface area contributed by atoms with E-state index in [9.17, 15) is 14.7 Å². The van der Waals surface area contributed by atoms with Crippen molar-refractivity contribution in [3.63, 3.8) is 0 Å². The van der Waals surface area contributed by atoms with Crippen LogP contribution in [0.25, 0.3) is 0 Å². The van der Waals surface area contributed by atoms with Crippen molar-refractivity contribution in [3.05, 3.63) is 83.9 Å². The molecule has 1 aliphatic heterocycles. The Morgan fingerprint density at radius 1 is 1.07 bits per heavy atom. The van der Waals surface area contributed by atoms with Crippen LogP contribution in [0.4, 0.5) is 5.69 Å². The number of nitrogens with zero attached hydrogens (tertiary/aromatic N) is 3. The first-order valence-corrected chi connectivity index (χ1v) is 15.3. The van der Waals surface area contributed by atoms with Crippen LogP contribution in [0.1, 0.15) is 42.6 Å². The van der Waals surface area contributed by atoms with Crippen LogP contribution < -0.4 is 14.8 Å². The number of aliphatic hydroxyl groups excluding tert-OH is 1. The lowest BCUT2D eigenvalue weighted by Gasteiger charge is -2.38. The molecule has 9 heteroatoms. The van der Waals surface area contributed by atoms with Gasteiger partial charge in [0.1, 0.15) is 23.4 Å². The van der Waals surface area contributed by atoms with E-state index < -0.39 is 0 Å².